The van der Waals surface area contributed by atoms with Crippen molar-refractivity contribution in [3.63, 3.8) is 0 Å². The summed E-state index contributed by atoms with van der Waals surface area (Å²) in [7, 11) is 1.55. The van der Waals surface area contributed by atoms with Crippen LogP contribution in [0, 0.1) is 6.92 Å². The van der Waals surface area contributed by atoms with Gasteiger partial charge in [-0.2, -0.15) is 0 Å². The molecule has 0 fully saturated rings. The molecular formula is C19H20N2O4. The van der Waals surface area contributed by atoms with Crippen LogP contribution in [0.25, 0.3) is 0 Å². The molecule has 0 saturated carbocycles. The first-order chi connectivity index (χ1) is 12.0. The van der Waals surface area contributed by atoms with Gasteiger partial charge in [-0.1, -0.05) is 18.2 Å². The van der Waals surface area contributed by atoms with E-state index in [9.17, 15) is 9.59 Å². The maximum atomic E-state index is 12.5. The summed E-state index contributed by atoms with van der Waals surface area (Å²) in [6, 6.07) is 12.7. The topological polar surface area (TPSA) is 67.9 Å². The van der Waals surface area contributed by atoms with E-state index in [0.29, 0.717) is 22.9 Å². The van der Waals surface area contributed by atoms with E-state index in [1.165, 1.54) is 4.90 Å². The molecule has 1 N–H and O–H groups in total. The second kappa shape index (κ2) is 6.84. The number of anilines is 2. The first-order valence-corrected chi connectivity index (χ1v) is 8.01. The molecule has 6 nitrogen and oxygen atoms in total. The van der Waals surface area contributed by atoms with Crippen molar-refractivity contribution in [2.45, 2.75) is 20.0 Å². The Hall–Kier alpha value is -3.02. The zero-order valence-electron chi connectivity index (χ0n) is 14.4. The van der Waals surface area contributed by atoms with Crippen molar-refractivity contribution in [2.24, 2.45) is 0 Å². The van der Waals surface area contributed by atoms with Crippen LogP contribution in [-0.4, -0.2) is 31.6 Å². The average molecular weight is 340 g/mol. The Morgan fingerprint density at radius 2 is 2.04 bits per heavy atom. The summed E-state index contributed by atoms with van der Waals surface area (Å²) in [5.74, 6) is 0.614. The van der Waals surface area contributed by atoms with Crippen LogP contribution in [0.15, 0.2) is 42.5 Å². The third kappa shape index (κ3) is 3.42. The third-order valence-corrected chi connectivity index (χ3v) is 4.00. The molecule has 0 radical (unpaired) electrons. The van der Waals surface area contributed by atoms with Gasteiger partial charge >= 0.3 is 0 Å². The Labute approximate surface area is 146 Å². The van der Waals surface area contributed by atoms with E-state index >= 15 is 0 Å². The van der Waals surface area contributed by atoms with Crippen molar-refractivity contribution in [3.8, 4) is 11.5 Å². The van der Waals surface area contributed by atoms with Crippen LogP contribution in [0.2, 0.25) is 0 Å². The number of nitrogens with zero attached hydrogens (tertiary/aromatic N) is 1. The van der Waals surface area contributed by atoms with Gasteiger partial charge in [0.2, 0.25) is 5.91 Å². The van der Waals surface area contributed by atoms with Gasteiger partial charge in [-0.15, -0.1) is 0 Å². The zero-order valence-corrected chi connectivity index (χ0v) is 14.4. The highest BCUT2D eigenvalue weighted by Gasteiger charge is 2.32. The fraction of sp³-hybridized carbons (Fsp3) is 0.263. The minimum Gasteiger partial charge on any atom is -0.495 e. The van der Waals surface area contributed by atoms with E-state index in [1.807, 2.05) is 25.1 Å². The molecule has 1 aliphatic rings. The smallest absolute Gasteiger partial charge is 0.268 e. The third-order valence-electron chi connectivity index (χ3n) is 4.00. The highest BCUT2D eigenvalue weighted by molar-refractivity contribution is 6.06. The van der Waals surface area contributed by atoms with Crippen molar-refractivity contribution >= 4 is 23.2 Å². The number of rotatable bonds is 4. The Kier molecular flexibility index (Phi) is 4.61. The summed E-state index contributed by atoms with van der Waals surface area (Å²) in [6.45, 7) is 3.51. The Bertz CT molecular complexity index is 819. The second-order valence-corrected chi connectivity index (χ2v) is 5.90. The summed E-state index contributed by atoms with van der Waals surface area (Å²) in [5, 5.41) is 2.82. The number of nitrogens with one attached hydrogen (secondary N) is 1. The van der Waals surface area contributed by atoms with Crippen LogP contribution in [0.1, 0.15) is 12.5 Å². The van der Waals surface area contributed by atoms with Gasteiger partial charge in [-0.25, -0.2) is 0 Å². The standard InChI is InChI=1S/C19H20N2O4/c1-12-8-9-16(24-3)14(10-12)20-18(22)11-21-15-6-4-5-7-17(15)25-13(2)19(21)23/h4-10,13H,11H2,1-3H3,(H,20,22)/t13-/m0/s1. The number of benzene rings is 2. The highest BCUT2D eigenvalue weighted by atomic mass is 16.5. The maximum Gasteiger partial charge on any atom is 0.268 e. The molecule has 1 heterocycles. The van der Waals surface area contributed by atoms with E-state index < -0.39 is 6.10 Å². The number of ether oxygens (including phenoxy) is 2. The van der Waals surface area contributed by atoms with Crippen molar-refractivity contribution in [2.75, 3.05) is 23.9 Å². The first kappa shape index (κ1) is 16.8. The number of fused-ring (bicyclic) bond motifs is 1. The van der Waals surface area contributed by atoms with E-state index in [0.717, 1.165) is 5.56 Å². The van der Waals surface area contributed by atoms with E-state index in [2.05, 4.69) is 5.32 Å². The summed E-state index contributed by atoms with van der Waals surface area (Å²) in [6.07, 6.45) is -0.629. The van der Waals surface area contributed by atoms with Crippen molar-refractivity contribution in [1.29, 1.82) is 0 Å². The van der Waals surface area contributed by atoms with Crippen LogP contribution < -0.4 is 19.7 Å². The number of amides is 2. The number of hydrogen-bond acceptors (Lipinski definition) is 4. The van der Waals surface area contributed by atoms with Crippen molar-refractivity contribution in [3.05, 3.63) is 48.0 Å². The molecule has 2 amide bonds. The van der Waals surface area contributed by atoms with Gasteiger partial charge in [-0.3, -0.25) is 14.5 Å². The lowest BCUT2D eigenvalue weighted by Crippen LogP contribution is -2.47. The molecular weight excluding hydrogens is 320 g/mol. The molecule has 1 atom stereocenters. The fourth-order valence-corrected chi connectivity index (χ4v) is 2.77. The van der Waals surface area contributed by atoms with Crippen LogP contribution in [0.3, 0.4) is 0 Å². The summed E-state index contributed by atoms with van der Waals surface area (Å²) in [5.41, 5.74) is 2.17. The summed E-state index contributed by atoms with van der Waals surface area (Å²) >= 11 is 0. The number of hydrogen-bond donors (Lipinski definition) is 1. The van der Waals surface area contributed by atoms with E-state index in [4.69, 9.17) is 9.47 Å². The quantitative estimate of drug-likeness (QED) is 0.929. The van der Waals surface area contributed by atoms with Gasteiger partial charge in [0.15, 0.2) is 6.10 Å². The molecule has 0 saturated heterocycles. The average Bonchev–Trinajstić information content (AvgIpc) is 2.59. The van der Waals surface area contributed by atoms with Crippen molar-refractivity contribution in [1.82, 2.24) is 0 Å². The molecule has 0 bridgehead atoms. The van der Waals surface area contributed by atoms with Gasteiger partial charge in [0.1, 0.15) is 18.0 Å². The number of methoxy groups -OCH3 is 1. The Balaban J connectivity index is 1.81. The van der Waals surface area contributed by atoms with Gasteiger partial charge in [0, 0.05) is 0 Å². The van der Waals surface area contributed by atoms with Crippen molar-refractivity contribution < 1.29 is 19.1 Å². The first-order valence-electron chi connectivity index (χ1n) is 8.01. The predicted octanol–water partition coefficient (Wildman–Crippen LogP) is 2.76. The molecule has 0 aliphatic carbocycles. The van der Waals surface area contributed by atoms with Gasteiger partial charge in [0.05, 0.1) is 18.5 Å². The number of aryl methyl sites for hydroxylation is 1. The zero-order chi connectivity index (χ0) is 18.0. The molecule has 0 spiro atoms. The van der Waals surface area contributed by atoms with Crippen LogP contribution >= 0.6 is 0 Å². The molecule has 1 aliphatic heterocycles. The number of carbonyl (C=O) groups is 2. The minimum atomic E-state index is -0.629. The van der Waals surface area contributed by atoms with Crippen LogP contribution in [-0.2, 0) is 9.59 Å². The molecule has 6 heteroatoms. The maximum absolute atomic E-state index is 12.5. The number of carbonyl (C=O) groups excluding carboxylic acids is 2. The molecule has 2 aromatic rings. The summed E-state index contributed by atoms with van der Waals surface area (Å²) < 4.78 is 10.9. The predicted molar refractivity (Wildman–Crippen MR) is 95.2 cm³/mol. The lowest BCUT2D eigenvalue weighted by atomic mass is 10.2. The lowest BCUT2D eigenvalue weighted by Gasteiger charge is -2.32. The van der Waals surface area contributed by atoms with Gasteiger partial charge < -0.3 is 14.8 Å². The lowest BCUT2D eigenvalue weighted by molar-refractivity contribution is -0.127. The molecule has 2 aromatic carbocycles. The fourth-order valence-electron chi connectivity index (χ4n) is 2.77. The van der Waals surface area contributed by atoms with E-state index in [1.54, 1.807) is 38.3 Å². The Morgan fingerprint density at radius 3 is 2.80 bits per heavy atom. The second-order valence-electron chi connectivity index (χ2n) is 5.90. The van der Waals surface area contributed by atoms with Gasteiger partial charge in [-0.05, 0) is 43.7 Å². The molecule has 130 valence electrons. The molecule has 3 rings (SSSR count). The molecule has 0 unspecified atom stereocenters. The van der Waals surface area contributed by atoms with Crippen LogP contribution in [0.4, 0.5) is 11.4 Å². The monoisotopic (exact) mass is 340 g/mol. The molecule has 25 heavy (non-hydrogen) atoms. The number of para-hydroxylation sites is 2. The summed E-state index contributed by atoms with van der Waals surface area (Å²) in [4.78, 5) is 26.4. The van der Waals surface area contributed by atoms with Gasteiger partial charge in [0.25, 0.3) is 5.91 Å². The Morgan fingerprint density at radius 1 is 1.28 bits per heavy atom. The SMILES string of the molecule is COc1ccc(C)cc1NC(=O)CN1C(=O)[C@H](C)Oc2ccccc21. The largest absolute Gasteiger partial charge is 0.495 e. The van der Waals surface area contributed by atoms with Crippen LogP contribution in [0.5, 0.6) is 11.5 Å². The normalized spacial score (nSPS) is 16.0. The highest BCUT2D eigenvalue weighted by Crippen LogP contribution is 2.33. The molecule has 0 aromatic heterocycles. The minimum absolute atomic E-state index is 0.0966. The van der Waals surface area contributed by atoms with E-state index in [-0.39, 0.29) is 18.4 Å².